The minimum Gasteiger partial charge on any atom is -0.496 e. The molecule has 1 aliphatic carbocycles. The third kappa shape index (κ3) is 3.62. The van der Waals surface area contributed by atoms with Crippen molar-refractivity contribution in [1.29, 1.82) is 0 Å². The zero-order valence-corrected chi connectivity index (χ0v) is 15.3. The normalized spacial score (nSPS) is 18.7. The Kier molecular flexibility index (Phi) is 5.73. The molecule has 1 aliphatic rings. The molecule has 1 unspecified atom stereocenters. The first-order chi connectivity index (χ1) is 10.0. The smallest absolute Gasteiger partial charge is 0.123 e. The summed E-state index contributed by atoms with van der Waals surface area (Å²) in [7, 11) is 1.78. The van der Waals surface area contributed by atoms with Crippen LogP contribution in [0.5, 0.6) is 5.75 Å². The van der Waals surface area contributed by atoms with E-state index in [1.807, 2.05) is 0 Å². The molecular formula is C18H28BrNO. The van der Waals surface area contributed by atoms with Crippen LogP contribution in [0.4, 0.5) is 0 Å². The molecule has 2 nitrogen and oxygen atoms in total. The lowest BCUT2D eigenvalue weighted by Crippen LogP contribution is -2.35. The average Bonchev–Trinajstić information content (AvgIpc) is 2.90. The molecule has 1 fully saturated rings. The van der Waals surface area contributed by atoms with Gasteiger partial charge in [0, 0.05) is 16.1 Å². The van der Waals surface area contributed by atoms with Crippen LogP contribution in [-0.4, -0.2) is 13.7 Å². The Morgan fingerprint density at radius 1 is 1.33 bits per heavy atom. The van der Waals surface area contributed by atoms with Crippen molar-refractivity contribution in [2.45, 2.75) is 58.9 Å². The predicted molar refractivity (Wildman–Crippen MR) is 93.0 cm³/mol. The van der Waals surface area contributed by atoms with Crippen molar-refractivity contribution < 1.29 is 4.74 Å². The van der Waals surface area contributed by atoms with Crippen molar-refractivity contribution in [2.75, 3.05) is 13.7 Å². The van der Waals surface area contributed by atoms with Crippen LogP contribution in [0.15, 0.2) is 16.6 Å². The Bertz CT molecular complexity index is 480. The van der Waals surface area contributed by atoms with E-state index in [0.717, 1.165) is 18.7 Å². The number of halogens is 1. The van der Waals surface area contributed by atoms with E-state index in [2.05, 4.69) is 54.2 Å². The van der Waals surface area contributed by atoms with E-state index in [-0.39, 0.29) is 0 Å². The first-order valence-electron chi connectivity index (χ1n) is 8.09. The first-order valence-corrected chi connectivity index (χ1v) is 8.88. The van der Waals surface area contributed by atoms with Crippen molar-refractivity contribution in [3.63, 3.8) is 0 Å². The standard InChI is InChI=1S/C18H28BrNO/c1-5-10-20-17(18(3)8-6-7-9-18)14-12-15(19)13(2)11-16(14)21-4/h11-12,17,20H,5-10H2,1-4H3. The predicted octanol–water partition coefficient (Wildman–Crippen LogP) is 5.39. The van der Waals surface area contributed by atoms with Gasteiger partial charge < -0.3 is 10.1 Å². The van der Waals surface area contributed by atoms with Gasteiger partial charge in [0.2, 0.25) is 0 Å². The third-order valence-electron chi connectivity index (χ3n) is 4.86. The Morgan fingerprint density at radius 2 is 2.00 bits per heavy atom. The van der Waals surface area contributed by atoms with Gasteiger partial charge in [-0.3, -0.25) is 0 Å². The summed E-state index contributed by atoms with van der Waals surface area (Å²) in [5.41, 5.74) is 2.85. The topological polar surface area (TPSA) is 21.3 Å². The minimum absolute atomic E-state index is 0.331. The Balaban J connectivity index is 2.42. The summed E-state index contributed by atoms with van der Waals surface area (Å²) < 4.78 is 6.86. The van der Waals surface area contributed by atoms with Crippen LogP contribution in [-0.2, 0) is 0 Å². The summed E-state index contributed by atoms with van der Waals surface area (Å²) in [6.45, 7) is 7.82. The van der Waals surface area contributed by atoms with Crippen LogP contribution >= 0.6 is 15.9 Å². The van der Waals surface area contributed by atoms with E-state index in [0.29, 0.717) is 11.5 Å². The van der Waals surface area contributed by atoms with Gasteiger partial charge in [-0.25, -0.2) is 0 Å². The fourth-order valence-electron chi connectivity index (χ4n) is 3.56. The van der Waals surface area contributed by atoms with E-state index >= 15 is 0 Å². The van der Waals surface area contributed by atoms with E-state index in [1.165, 1.54) is 41.3 Å². The lowest BCUT2D eigenvalue weighted by atomic mass is 9.76. The molecule has 0 spiro atoms. The Labute approximate surface area is 137 Å². The maximum atomic E-state index is 5.69. The molecule has 1 aromatic rings. The zero-order chi connectivity index (χ0) is 15.5. The highest BCUT2D eigenvalue weighted by Crippen LogP contribution is 2.49. The summed E-state index contributed by atoms with van der Waals surface area (Å²) in [5, 5.41) is 3.79. The van der Waals surface area contributed by atoms with Crippen LogP contribution in [0.1, 0.15) is 63.1 Å². The van der Waals surface area contributed by atoms with Gasteiger partial charge >= 0.3 is 0 Å². The minimum atomic E-state index is 0.331. The molecule has 0 radical (unpaired) electrons. The molecule has 1 aromatic carbocycles. The van der Waals surface area contributed by atoms with Gasteiger partial charge in [-0.15, -0.1) is 0 Å². The molecule has 0 aromatic heterocycles. The molecule has 0 bridgehead atoms. The second kappa shape index (κ2) is 7.15. The molecule has 3 heteroatoms. The maximum Gasteiger partial charge on any atom is 0.123 e. The quantitative estimate of drug-likeness (QED) is 0.740. The molecule has 0 saturated heterocycles. The number of ether oxygens (including phenoxy) is 1. The lowest BCUT2D eigenvalue weighted by Gasteiger charge is -2.36. The van der Waals surface area contributed by atoms with E-state index < -0.39 is 0 Å². The van der Waals surface area contributed by atoms with Gasteiger partial charge in [0.05, 0.1) is 7.11 Å². The van der Waals surface area contributed by atoms with E-state index in [4.69, 9.17) is 4.74 Å². The van der Waals surface area contributed by atoms with Gasteiger partial charge in [-0.1, -0.05) is 42.6 Å². The summed E-state index contributed by atoms with van der Waals surface area (Å²) in [6, 6.07) is 4.77. The number of aryl methyl sites for hydroxylation is 1. The summed E-state index contributed by atoms with van der Waals surface area (Å²) >= 11 is 3.69. The second-order valence-corrected chi connectivity index (χ2v) is 7.45. The van der Waals surface area contributed by atoms with Crippen LogP contribution in [0.3, 0.4) is 0 Å². The maximum absolute atomic E-state index is 5.69. The molecule has 1 atom stereocenters. The van der Waals surface area contributed by atoms with Crippen molar-refractivity contribution in [3.8, 4) is 5.75 Å². The fourth-order valence-corrected chi connectivity index (χ4v) is 3.93. The largest absolute Gasteiger partial charge is 0.496 e. The number of hydrogen-bond donors (Lipinski definition) is 1. The van der Waals surface area contributed by atoms with Crippen LogP contribution in [0.25, 0.3) is 0 Å². The molecular weight excluding hydrogens is 326 g/mol. The van der Waals surface area contributed by atoms with Crippen molar-refractivity contribution in [2.24, 2.45) is 5.41 Å². The monoisotopic (exact) mass is 353 g/mol. The fraction of sp³-hybridized carbons (Fsp3) is 0.667. The van der Waals surface area contributed by atoms with Crippen molar-refractivity contribution >= 4 is 15.9 Å². The van der Waals surface area contributed by atoms with Crippen LogP contribution in [0.2, 0.25) is 0 Å². The molecule has 0 heterocycles. The average molecular weight is 354 g/mol. The number of benzene rings is 1. The second-order valence-electron chi connectivity index (χ2n) is 6.59. The van der Waals surface area contributed by atoms with E-state index in [9.17, 15) is 0 Å². The van der Waals surface area contributed by atoms with E-state index in [1.54, 1.807) is 7.11 Å². The number of hydrogen-bond acceptors (Lipinski definition) is 2. The summed E-state index contributed by atoms with van der Waals surface area (Å²) in [6.07, 6.45) is 6.43. The zero-order valence-electron chi connectivity index (χ0n) is 13.8. The summed E-state index contributed by atoms with van der Waals surface area (Å²) in [4.78, 5) is 0. The highest BCUT2D eigenvalue weighted by Gasteiger charge is 2.38. The molecule has 21 heavy (non-hydrogen) atoms. The number of nitrogens with one attached hydrogen (secondary N) is 1. The van der Waals surface area contributed by atoms with Gasteiger partial charge in [0.25, 0.3) is 0 Å². The van der Waals surface area contributed by atoms with Crippen LogP contribution < -0.4 is 10.1 Å². The van der Waals surface area contributed by atoms with Gasteiger partial charge in [-0.05, 0) is 55.8 Å². The van der Waals surface area contributed by atoms with Crippen molar-refractivity contribution in [3.05, 3.63) is 27.7 Å². The van der Waals surface area contributed by atoms with Gasteiger partial charge in [0.1, 0.15) is 5.75 Å². The lowest BCUT2D eigenvalue weighted by molar-refractivity contribution is 0.218. The molecule has 0 aliphatic heterocycles. The van der Waals surface area contributed by atoms with Gasteiger partial charge in [0.15, 0.2) is 0 Å². The summed E-state index contributed by atoms with van der Waals surface area (Å²) in [5.74, 6) is 1.01. The highest BCUT2D eigenvalue weighted by atomic mass is 79.9. The molecule has 0 amide bonds. The number of rotatable bonds is 6. The SMILES string of the molecule is CCCNC(c1cc(Br)c(C)cc1OC)C1(C)CCCC1. The molecule has 1 N–H and O–H groups in total. The third-order valence-corrected chi connectivity index (χ3v) is 5.72. The highest BCUT2D eigenvalue weighted by molar-refractivity contribution is 9.10. The van der Waals surface area contributed by atoms with Crippen LogP contribution in [0, 0.1) is 12.3 Å². The van der Waals surface area contributed by atoms with Crippen molar-refractivity contribution in [1.82, 2.24) is 5.32 Å². The molecule has 1 saturated carbocycles. The van der Waals surface area contributed by atoms with Gasteiger partial charge in [-0.2, -0.15) is 0 Å². The molecule has 118 valence electrons. The first kappa shape index (κ1) is 16.8. The Morgan fingerprint density at radius 3 is 2.57 bits per heavy atom. The molecule has 2 rings (SSSR count). The Hall–Kier alpha value is -0.540. The number of methoxy groups -OCH3 is 1.